The van der Waals surface area contributed by atoms with Crippen LogP contribution < -0.4 is 29.1 Å². The van der Waals surface area contributed by atoms with E-state index in [0.717, 1.165) is 0 Å². The summed E-state index contributed by atoms with van der Waals surface area (Å²) in [5.74, 6) is 2.28. The maximum Gasteiger partial charge on any atom is 0.271 e. The van der Waals surface area contributed by atoms with Crippen molar-refractivity contribution in [2.45, 2.75) is 0 Å². The summed E-state index contributed by atoms with van der Waals surface area (Å²) < 4.78 is 26.8. The van der Waals surface area contributed by atoms with Gasteiger partial charge >= 0.3 is 0 Å². The molecule has 0 spiro atoms. The van der Waals surface area contributed by atoms with Gasteiger partial charge in [0, 0.05) is 11.1 Å². The highest BCUT2D eigenvalue weighted by atomic mass is 16.6. The van der Waals surface area contributed by atoms with Crippen molar-refractivity contribution < 1.29 is 28.5 Å². The van der Waals surface area contributed by atoms with E-state index in [-0.39, 0.29) is 5.91 Å². The molecule has 1 heterocycles. The number of hydrazone groups is 1. The zero-order valence-electron chi connectivity index (χ0n) is 15.3. The Kier molecular flexibility index (Phi) is 5.65. The number of nitrogens with zero attached hydrogens (tertiary/aromatic N) is 1. The summed E-state index contributed by atoms with van der Waals surface area (Å²) in [5.41, 5.74) is 3.57. The third-order valence-electron chi connectivity index (χ3n) is 3.87. The Morgan fingerprint density at radius 1 is 1.00 bits per heavy atom. The standard InChI is InChI=1S/C19H20N2O6/c1-23-16-8-12(9-17(24-2)18(16)25-3)11-20-21-19(22)13-4-5-14-15(10-13)27-7-6-26-14/h4-5,8-11H,6-7H2,1-3H3,(H,21,22)/b20-11+. The lowest BCUT2D eigenvalue weighted by molar-refractivity contribution is 0.0954. The van der Waals surface area contributed by atoms with Crippen LogP contribution in [-0.2, 0) is 0 Å². The van der Waals surface area contributed by atoms with E-state index in [1.807, 2.05) is 0 Å². The molecule has 1 aliphatic heterocycles. The average molecular weight is 372 g/mol. The lowest BCUT2D eigenvalue weighted by Crippen LogP contribution is -2.19. The lowest BCUT2D eigenvalue weighted by atomic mass is 10.2. The number of hydrogen-bond donors (Lipinski definition) is 1. The first-order valence-corrected chi connectivity index (χ1v) is 8.19. The summed E-state index contributed by atoms with van der Waals surface area (Å²) in [6.45, 7) is 0.953. The molecule has 8 heteroatoms. The smallest absolute Gasteiger partial charge is 0.271 e. The van der Waals surface area contributed by atoms with Crippen molar-refractivity contribution in [3.05, 3.63) is 41.5 Å². The topological polar surface area (TPSA) is 87.6 Å². The Labute approximate surface area is 156 Å². The number of carbonyl (C=O) groups excluding carboxylic acids is 1. The number of rotatable bonds is 6. The number of hydrogen-bond acceptors (Lipinski definition) is 7. The highest BCUT2D eigenvalue weighted by molar-refractivity contribution is 5.95. The summed E-state index contributed by atoms with van der Waals surface area (Å²) in [6, 6.07) is 8.42. The molecule has 1 amide bonds. The highest BCUT2D eigenvalue weighted by Gasteiger charge is 2.15. The quantitative estimate of drug-likeness (QED) is 0.618. The Bertz CT molecular complexity index is 840. The third-order valence-corrected chi connectivity index (χ3v) is 3.87. The number of methoxy groups -OCH3 is 3. The summed E-state index contributed by atoms with van der Waals surface area (Å²) in [7, 11) is 4.59. The maximum atomic E-state index is 12.3. The minimum Gasteiger partial charge on any atom is -0.493 e. The second kappa shape index (κ2) is 8.31. The van der Waals surface area contributed by atoms with Gasteiger partial charge in [-0.25, -0.2) is 5.43 Å². The predicted octanol–water partition coefficient (Wildman–Crippen LogP) is 2.25. The van der Waals surface area contributed by atoms with Gasteiger partial charge in [0.2, 0.25) is 5.75 Å². The molecular formula is C19H20N2O6. The molecule has 0 fully saturated rings. The van der Waals surface area contributed by atoms with Crippen molar-refractivity contribution in [2.75, 3.05) is 34.5 Å². The first-order valence-electron chi connectivity index (χ1n) is 8.19. The number of fused-ring (bicyclic) bond motifs is 1. The van der Waals surface area contributed by atoms with Crippen LogP contribution in [0.5, 0.6) is 28.7 Å². The van der Waals surface area contributed by atoms with Gasteiger partial charge in [-0.1, -0.05) is 0 Å². The number of carbonyl (C=O) groups is 1. The molecule has 0 unspecified atom stereocenters. The second-order valence-electron chi connectivity index (χ2n) is 5.52. The molecular weight excluding hydrogens is 352 g/mol. The van der Waals surface area contributed by atoms with Gasteiger partial charge in [0.25, 0.3) is 5.91 Å². The van der Waals surface area contributed by atoms with Gasteiger partial charge in [-0.2, -0.15) is 5.10 Å². The third kappa shape index (κ3) is 4.05. The van der Waals surface area contributed by atoms with Crippen molar-refractivity contribution in [2.24, 2.45) is 5.10 Å². The Morgan fingerprint density at radius 2 is 1.67 bits per heavy atom. The normalized spacial score (nSPS) is 12.6. The highest BCUT2D eigenvalue weighted by Crippen LogP contribution is 2.37. The van der Waals surface area contributed by atoms with E-state index in [1.54, 1.807) is 30.3 Å². The van der Waals surface area contributed by atoms with E-state index in [9.17, 15) is 4.79 Å². The van der Waals surface area contributed by atoms with Crippen molar-refractivity contribution in [3.63, 3.8) is 0 Å². The van der Waals surface area contributed by atoms with E-state index in [1.165, 1.54) is 27.5 Å². The largest absolute Gasteiger partial charge is 0.493 e. The summed E-state index contributed by atoms with van der Waals surface area (Å²) >= 11 is 0. The monoisotopic (exact) mass is 372 g/mol. The Hall–Kier alpha value is -3.42. The molecule has 0 saturated heterocycles. The van der Waals surface area contributed by atoms with Crippen LogP contribution in [-0.4, -0.2) is 46.7 Å². The molecule has 1 N–H and O–H groups in total. The number of amides is 1. The number of ether oxygens (including phenoxy) is 5. The molecule has 0 aromatic heterocycles. The van der Waals surface area contributed by atoms with E-state index in [4.69, 9.17) is 23.7 Å². The van der Waals surface area contributed by atoms with Crippen molar-refractivity contribution in [3.8, 4) is 28.7 Å². The van der Waals surface area contributed by atoms with Crippen LogP contribution in [0.1, 0.15) is 15.9 Å². The number of benzene rings is 2. The second-order valence-corrected chi connectivity index (χ2v) is 5.52. The fraction of sp³-hybridized carbons (Fsp3) is 0.263. The Morgan fingerprint density at radius 3 is 2.30 bits per heavy atom. The molecule has 8 nitrogen and oxygen atoms in total. The van der Waals surface area contributed by atoms with Crippen LogP contribution in [0.15, 0.2) is 35.4 Å². The van der Waals surface area contributed by atoms with Gasteiger partial charge in [-0.15, -0.1) is 0 Å². The molecule has 0 radical (unpaired) electrons. The van der Waals surface area contributed by atoms with Crippen molar-refractivity contribution in [1.29, 1.82) is 0 Å². The van der Waals surface area contributed by atoms with E-state index in [0.29, 0.717) is 53.1 Å². The van der Waals surface area contributed by atoms with Gasteiger partial charge < -0.3 is 23.7 Å². The van der Waals surface area contributed by atoms with Crippen LogP contribution in [0, 0.1) is 0 Å². The average Bonchev–Trinajstić information content (AvgIpc) is 2.72. The molecule has 0 saturated carbocycles. The van der Waals surface area contributed by atoms with Crippen LogP contribution in [0.25, 0.3) is 0 Å². The van der Waals surface area contributed by atoms with Gasteiger partial charge in [0.15, 0.2) is 23.0 Å². The molecule has 2 aromatic carbocycles. The zero-order valence-corrected chi connectivity index (χ0v) is 15.3. The zero-order chi connectivity index (χ0) is 19.2. The maximum absolute atomic E-state index is 12.3. The lowest BCUT2D eigenvalue weighted by Gasteiger charge is -2.18. The van der Waals surface area contributed by atoms with Crippen LogP contribution in [0.2, 0.25) is 0 Å². The fourth-order valence-corrected chi connectivity index (χ4v) is 2.59. The van der Waals surface area contributed by atoms with Crippen LogP contribution in [0.3, 0.4) is 0 Å². The van der Waals surface area contributed by atoms with Crippen LogP contribution in [0.4, 0.5) is 0 Å². The molecule has 1 aliphatic rings. The molecule has 2 aromatic rings. The van der Waals surface area contributed by atoms with Crippen molar-refractivity contribution >= 4 is 12.1 Å². The Balaban J connectivity index is 1.72. The SMILES string of the molecule is COc1cc(/C=N/NC(=O)c2ccc3c(c2)OCCO3)cc(OC)c1OC. The van der Waals surface area contributed by atoms with E-state index in [2.05, 4.69) is 10.5 Å². The summed E-state index contributed by atoms with van der Waals surface area (Å²) in [5, 5.41) is 3.99. The van der Waals surface area contributed by atoms with E-state index < -0.39 is 0 Å². The first kappa shape index (κ1) is 18.4. The number of nitrogens with one attached hydrogen (secondary N) is 1. The van der Waals surface area contributed by atoms with Gasteiger partial charge in [-0.3, -0.25) is 4.79 Å². The summed E-state index contributed by atoms with van der Waals surface area (Å²) in [6.07, 6.45) is 1.49. The van der Waals surface area contributed by atoms with Gasteiger partial charge in [0.1, 0.15) is 13.2 Å². The first-order chi connectivity index (χ1) is 13.2. The van der Waals surface area contributed by atoms with Crippen molar-refractivity contribution in [1.82, 2.24) is 5.43 Å². The molecule has 142 valence electrons. The molecule has 0 bridgehead atoms. The fourth-order valence-electron chi connectivity index (χ4n) is 2.59. The predicted molar refractivity (Wildman–Crippen MR) is 98.6 cm³/mol. The van der Waals surface area contributed by atoms with Gasteiger partial charge in [-0.05, 0) is 30.3 Å². The molecule has 3 rings (SSSR count). The summed E-state index contributed by atoms with van der Waals surface area (Å²) in [4.78, 5) is 12.3. The molecule has 0 atom stereocenters. The van der Waals surface area contributed by atoms with Gasteiger partial charge in [0.05, 0.1) is 27.5 Å². The minimum absolute atomic E-state index is 0.365. The molecule has 27 heavy (non-hydrogen) atoms. The minimum atomic E-state index is -0.365. The van der Waals surface area contributed by atoms with E-state index >= 15 is 0 Å². The van der Waals surface area contributed by atoms with Crippen LogP contribution >= 0.6 is 0 Å². The molecule has 0 aliphatic carbocycles.